The number of aromatic nitrogens is 2. The van der Waals surface area contributed by atoms with Crippen molar-refractivity contribution >= 4 is 68.1 Å². The van der Waals surface area contributed by atoms with Gasteiger partial charge >= 0.3 is 0 Å². The molecular weight excluding hydrogens is 449 g/mol. The molecule has 4 aromatic rings. The number of anilines is 1. The van der Waals surface area contributed by atoms with Gasteiger partial charge in [-0.05, 0) is 41.8 Å². The first kappa shape index (κ1) is 20.0. The van der Waals surface area contributed by atoms with Crippen molar-refractivity contribution in [2.75, 3.05) is 11.1 Å². The van der Waals surface area contributed by atoms with Gasteiger partial charge in [0.25, 0.3) is 5.56 Å². The van der Waals surface area contributed by atoms with Crippen LogP contribution in [0.5, 0.6) is 0 Å². The average molecular weight is 462 g/mol. The SMILES string of the molecule is O=C(CSc1nc2ccsc2c(=O)n1-c1ccccc1Cl)Nc1cccc(Cl)c1. The van der Waals surface area contributed by atoms with Crippen LogP contribution in [0.25, 0.3) is 15.9 Å². The summed E-state index contributed by atoms with van der Waals surface area (Å²) >= 11 is 14.8. The summed E-state index contributed by atoms with van der Waals surface area (Å²) in [6.45, 7) is 0. The lowest BCUT2D eigenvalue weighted by atomic mass is 10.3. The Morgan fingerprint density at radius 3 is 2.76 bits per heavy atom. The molecule has 5 nitrogen and oxygen atoms in total. The van der Waals surface area contributed by atoms with Crippen LogP contribution < -0.4 is 10.9 Å². The number of hydrogen-bond donors (Lipinski definition) is 1. The summed E-state index contributed by atoms with van der Waals surface area (Å²) in [7, 11) is 0. The summed E-state index contributed by atoms with van der Waals surface area (Å²) in [4.78, 5) is 30.1. The van der Waals surface area contributed by atoms with Gasteiger partial charge in [0.2, 0.25) is 5.91 Å². The molecular formula is C20H13Cl2N3O2S2. The number of hydrogen-bond acceptors (Lipinski definition) is 5. The van der Waals surface area contributed by atoms with Crippen molar-refractivity contribution in [1.82, 2.24) is 9.55 Å². The summed E-state index contributed by atoms with van der Waals surface area (Å²) in [5.41, 5.74) is 1.52. The topological polar surface area (TPSA) is 64.0 Å². The third kappa shape index (κ3) is 4.33. The number of amides is 1. The lowest BCUT2D eigenvalue weighted by Crippen LogP contribution is -2.22. The maximum absolute atomic E-state index is 13.1. The highest BCUT2D eigenvalue weighted by molar-refractivity contribution is 7.99. The van der Waals surface area contributed by atoms with Crippen LogP contribution in [0.15, 0.2) is 69.9 Å². The summed E-state index contributed by atoms with van der Waals surface area (Å²) in [6.07, 6.45) is 0. The normalized spacial score (nSPS) is 11.0. The molecule has 0 atom stereocenters. The zero-order chi connectivity index (χ0) is 20.4. The molecule has 29 heavy (non-hydrogen) atoms. The minimum Gasteiger partial charge on any atom is -0.325 e. The predicted octanol–water partition coefficient (Wildman–Crippen LogP) is 5.48. The molecule has 1 amide bonds. The molecule has 9 heteroatoms. The molecule has 0 saturated heterocycles. The van der Waals surface area contributed by atoms with E-state index in [2.05, 4.69) is 10.3 Å². The van der Waals surface area contributed by atoms with Crippen LogP contribution >= 0.6 is 46.3 Å². The summed E-state index contributed by atoms with van der Waals surface area (Å²) < 4.78 is 2.00. The standard InChI is InChI=1S/C20H13Cl2N3O2S2/c21-12-4-3-5-13(10-12)23-17(26)11-29-20-24-15-8-9-28-18(15)19(27)25(20)16-7-2-1-6-14(16)22/h1-10H,11H2,(H,23,26). The van der Waals surface area contributed by atoms with Gasteiger partial charge in [0.1, 0.15) is 4.70 Å². The van der Waals surface area contributed by atoms with Gasteiger partial charge < -0.3 is 5.32 Å². The van der Waals surface area contributed by atoms with Crippen molar-refractivity contribution in [2.45, 2.75) is 5.16 Å². The van der Waals surface area contributed by atoms with E-state index in [0.717, 1.165) is 0 Å². The fraction of sp³-hybridized carbons (Fsp3) is 0.0500. The minimum absolute atomic E-state index is 0.0685. The average Bonchev–Trinajstić information content (AvgIpc) is 3.16. The zero-order valence-corrected chi connectivity index (χ0v) is 17.9. The van der Waals surface area contributed by atoms with Crippen molar-refractivity contribution in [2.24, 2.45) is 0 Å². The summed E-state index contributed by atoms with van der Waals surface area (Å²) in [6, 6.07) is 15.7. The highest BCUT2D eigenvalue weighted by Gasteiger charge is 2.17. The molecule has 2 aromatic heterocycles. The maximum Gasteiger partial charge on any atom is 0.276 e. The van der Waals surface area contributed by atoms with Crippen LogP contribution in [0, 0.1) is 0 Å². The number of thiophene rings is 1. The van der Waals surface area contributed by atoms with E-state index in [1.165, 1.54) is 27.7 Å². The van der Waals surface area contributed by atoms with Gasteiger partial charge in [0.05, 0.1) is 22.0 Å². The highest BCUT2D eigenvalue weighted by Crippen LogP contribution is 2.27. The van der Waals surface area contributed by atoms with E-state index in [0.29, 0.717) is 36.8 Å². The van der Waals surface area contributed by atoms with E-state index in [1.807, 2.05) is 5.38 Å². The molecule has 0 aliphatic rings. The number of para-hydroxylation sites is 1. The molecule has 146 valence electrons. The van der Waals surface area contributed by atoms with E-state index < -0.39 is 0 Å². The number of carbonyl (C=O) groups is 1. The van der Waals surface area contributed by atoms with Gasteiger partial charge in [0, 0.05) is 10.7 Å². The summed E-state index contributed by atoms with van der Waals surface area (Å²) in [5, 5.41) is 5.96. The van der Waals surface area contributed by atoms with Crippen LogP contribution in [0.2, 0.25) is 10.0 Å². The van der Waals surface area contributed by atoms with Crippen LogP contribution in [0.3, 0.4) is 0 Å². The molecule has 0 saturated carbocycles. The lowest BCUT2D eigenvalue weighted by Gasteiger charge is -2.13. The molecule has 0 radical (unpaired) electrons. The molecule has 2 aromatic carbocycles. The Morgan fingerprint density at radius 1 is 1.14 bits per heavy atom. The van der Waals surface area contributed by atoms with Crippen molar-refractivity contribution in [3.63, 3.8) is 0 Å². The fourth-order valence-electron chi connectivity index (χ4n) is 2.73. The van der Waals surface area contributed by atoms with Gasteiger partial charge in [-0.1, -0.05) is 53.2 Å². The third-order valence-corrected chi connectivity index (χ3v) is 6.37. The quantitative estimate of drug-likeness (QED) is 0.315. The van der Waals surface area contributed by atoms with E-state index in [9.17, 15) is 9.59 Å². The zero-order valence-electron chi connectivity index (χ0n) is 14.8. The van der Waals surface area contributed by atoms with Crippen LogP contribution in [0.4, 0.5) is 5.69 Å². The number of halogens is 2. The third-order valence-electron chi connectivity index (χ3n) is 3.98. The van der Waals surface area contributed by atoms with Gasteiger partial charge in [-0.3, -0.25) is 14.2 Å². The van der Waals surface area contributed by atoms with Crippen LogP contribution in [-0.4, -0.2) is 21.2 Å². The van der Waals surface area contributed by atoms with Gasteiger partial charge in [-0.15, -0.1) is 11.3 Å². The molecule has 0 aliphatic carbocycles. The number of benzene rings is 2. The molecule has 0 spiro atoms. The highest BCUT2D eigenvalue weighted by atomic mass is 35.5. The van der Waals surface area contributed by atoms with Crippen LogP contribution in [0.1, 0.15) is 0 Å². The molecule has 0 unspecified atom stereocenters. The van der Waals surface area contributed by atoms with Gasteiger partial charge in [-0.2, -0.15) is 0 Å². The Kier molecular flexibility index (Phi) is 5.91. The Bertz CT molecular complexity index is 1270. The van der Waals surface area contributed by atoms with Crippen molar-refractivity contribution in [1.29, 1.82) is 0 Å². The maximum atomic E-state index is 13.1. The second-order valence-corrected chi connectivity index (χ2v) is 8.67. The van der Waals surface area contributed by atoms with Crippen molar-refractivity contribution in [3.05, 3.63) is 80.4 Å². The number of fused-ring (bicyclic) bond motifs is 1. The Morgan fingerprint density at radius 2 is 1.97 bits per heavy atom. The predicted molar refractivity (Wildman–Crippen MR) is 121 cm³/mol. The van der Waals surface area contributed by atoms with E-state index in [4.69, 9.17) is 23.2 Å². The van der Waals surface area contributed by atoms with Crippen molar-refractivity contribution < 1.29 is 4.79 Å². The smallest absolute Gasteiger partial charge is 0.276 e. The first-order valence-electron chi connectivity index (χ1n) is 8.46. The molecule has 0 aliphatic heterocycles. The first-order valence-corrected chi connectivity index (χ1v) is 11.1. The largest absolute Gasteiger partial charge is 0.325 e. The lowest BCUT2D eigenvalue weighted by molar-refractivity contribution is -0.113. The molecule has 0 bridgehead atoms. The minimum atomic E-state index is -0.234. The van der Waals surface area contributed by atoms with E-state index in [1.54, 1.807) is 54.6 Å². The Balaban J connectivity index is 1.66. The number of carbonyl (C=O) groups excluding carboxylic acids is 1. The number of nitrogens with zero attached hydrogens (tertiary/aromatic N) is 2. The number of thioether (sulfide) groups is 1. The number of rotatable bonds is 5. The summed E-state index contributed by atoms with van der Waals surface area (Å²) in [5.74, 6) is -0.165. The van der Waals surface area contributed by atoms with Gasteiger partial charge in [-0.25, -0.2) is 4.98 Å². The van der Waals surface area contributed by atoms with Gasteiger partial charge in [0.15, 0.2) is 5.16 Å². The molecule has 2 heterocycles. The fourth-order valence-corrected chi connectivity index (χ4v) is 4.70. The number of nitrogens with one attached hydrogen (secondary N) is 1. The van der Waals surface area contributed by atoms with E-state index >= 15 is 0 Å². The Hall–Kier alpha value is -2.32. The molecule has 0 fully saturated rings. The molecule has 1 N–H and O–H groups in total. The second kappa shape index (κ2) is 8.59. The Labute approximate surface area is 184 Å². The van der Waals surface area contributed by atoms with Crippen molar-refractivity contribution in [3.8, 4) is 5.69 Å². The molecule has 4 rings (SSSR count). The first-order chi connectivity index (χ1) is 14.0. The second-order valence-electron chi connectivity index (χ2n) is 5.97. The monoisotopic (exact) mass is 461 g/mol. The van der Waals surface area contributed by atoms with Crippen LogP contribution in [-0.2, 0) is 4.79 Å². The van der Waals surface area contributed by atoms with E-state index in [-0.39, 0.29) is 17.2 Å².